The molecule has 0 amide bonds. The highest BCUT2D eigenvalue weighted by Gasteiger charge is 2.18. The van der Waals surface area contributed by atoms with Gasteiger partial charge in [-0.1, -0.05) is 23.7 Å². The molecule has 0 saturated heterocycles. The Morgan fingerprint density at radius 2 is 1.95 bits per heavy atom. The molecule has 0 radical (unpaired) electrons. The summed E-state index contributed by atoms with van der Waals surface area (Å²) in [5.74, 6) is 0.786. The van der Waals surface area contributed by atoms with E-state index in [1.54, 1.807) is 7.11 Å². The van der Waals surface area contributed by atoms with E-state index in [-0.39, 0.29) is 5.75 Å². The van der Waals surface area contributed by atoms with Gasteiger partial charge in [0.1, 0.15) is 0 Å². The van der Waals surface area contributed by atoms with Crippen LogP contribution in [0.2, 0.25) is 5.02 Å². The quantitative estimate of drug-likeness (QED) is 0.934. The lowest BCUT2D eigenvalue weighted by Gasteiger charge is -2.29. The van der Waals surface area contributed by atoms with Gasteiger partial charge in [-0.2, -0.15) is 0 Å². The minimum Gasteiger partial charge on any atom is -0.504 e. The highest BCUT2D eigenvalue weighted by molar-refractivity contribution is 6.30. The molecule has 0 saturated carbocycles. The minimum absolute atomic E-state index is 0.223. The Morgan fingerprint density at radius 3 is 2.68 bits per heavy atom. The van der Waals surface area contributed by atoms with E-state index in [4.69, 9.17) is 16.3 Å². The van der Waals surface area contributed by atoms with E-state index in [1.807, 2.05) is 24.3 Å². The second-order valence-electron chi connectivity index (χ2n) is 5.70. The van der Waals surface area contributed by atoms with Crippen molar-refractivity contribution in [3.63, 3.8) is 0 Å². The molecule has 1 aliphatic rings. The first kappa shape index (κ1) is 15.2. The van der Waals surface area contributed by atoms with Crippen LogP contribution in [0.5, 0.6) is 11.5 Å². The van der Waals surface area contributed by atoms with E-state index in [0.717, 1.165) is 37.5 Å². The molecule has 0 unspecified atom stereocenters. The van der Waals surface area contributed by atoms with Crippen molar-refractivity contribution in [1.29, 1.82) is 0 Å². The predicted molar refractivity (Wildman–Crippen MR) is 88.8 cm³/mol. The fourth-order valence-electron chi connectivity index (χ4n) is 2.92. The van der Waals surface area contributed by atoms with Crippen LogP contribution in [0.1, 0.15) is 16.7 Å². The summed E-state index contributed by atoms with van der Waals surface area (Å²) in [5.41, 5.74) is 3.77. The number of ether oxygens (including phenoxy) is 1. The fourth-order valence-corrected chi connectivity index (χ4v) is 3.05. The third kappa shape index (κ3) is 3.37. The number of fused-ring (bicyclic) bond motifs is 1. The van der Waals surface area contributed by atoms with Crippen molar-refractivity contribution in [3.05, 3.63) is 58.1 Å². The van der Waals surface area contributed by atoms with Gasteiger partial charge in [0.2, 0.25) is 0 Å². The summed E-state index contributed by atoms with van der Waals surface area (Å²) >= 11 is 5.91. The van der Waals surface area contributed by atoms with Gasteiger partial charge >= 0.3 is 0 Å². The van der Waals surface area contributed by atoms with E-state index in [0.29, 0.717) is 5.75 Å². The summed E-state index contributed by atoms with van der Waals surface area (Å²) in [7, 11) is 1.59. The van der Waals surface area contributed by atoms with E-state index in [2.05, 4.69) is 17.0 Å². The first-order valence-electron chi connectivity index (χ1n) is 7.51. The summed E-state index contributed by atoms with van der Waals surface area (Å²) in [4.78, 5) is 2.42. The third-order valence-electron chi connectivity index (χ3n) is 4.22. The number of hydrogen-bond donors (Lipinski definition) is 1. The van der Waals surface area contributed by atoms with E-state index >= 15 is 0 Å². The monoisotopic (exact) mass is 317 g/mol. The highest BCUT2D eigenvalue weighted by atomic mass is 35.5. The molecule has 22 heavy (non-hydrogen) atoms. The van der Waals surface area contributed by atoms with E-state index < -0.39 is 0 Å². The topological polar surface area (TPSA) is 32.7 Å². The smallest absolute Gasteiger partial charge is 0.160 e. The summed E-state index contributed by atoms with van der Waals surface area (Å²) in [6.45, 7) is 2.92. The fraction of sp³-hybridized carbons (Fsp3) is 0.333. The predicted octanol–water partition coefficient (Wildman–Crippen LogP) is 3.66. The number of benzene rings is 2. The van der Waals surface area contributed by atoms with Gasteiger partial charge in [0.15, 0.2) is 11.5 Å². The number of aromatic hydroxyl groups is 1. The highest BCUT2D eigenvalue weighted by Crippen LogP contribution is 2.32. The van der Waals surface area contributed by atoms with Crippen LogP contribution in [0.4, 0.5) is 0 Å². The molecule has 116 valence electrons. The summed E-state index contributed by atoms with van der Waals surface area (Å²) in [6.07, 6.45) is 2.00. The van der Waals surface area contributed by atoms with Crippen LogP contribution in [-0.4, -0.2) is 30.2 Å². The lowest BCUT2D eigenvalue weighted by Crippen LogP contribution is -2.32. The molecule has 0 aromatic heterocycles. The number of phenolic OH excluding ortho intramolecular Hbond substituents is 1. The molecule has 2 aromatic rings. The van der Waals surface area contributed by atoms with Crippen molar-refractivity contribution in [2.45, 2.75) is 19.4 Å². The van der Waals surface area contributed by atoms with Crippen LogP contribution in [0.25, 0.3) is 0 Å². The molecule has 4 heteroatoms. The van der Waals surface area contributed by atoms with Crippen molar-refractivity contribution in [1.82, 2.24) is 4.90 Å². The van der Waals surface area contributed by atoms with Crippen LogP contribution in [0.15, 0.2) is 36.4 Å². The van der Waals surface area contributed by atoms with Crippen LogP contribution < -0.4 is 4.74 Å². The lowest BCUT2D eigenvalue weighted by atomic mass is 9.98. The van der Waals surface area contributed by atoms with Crippen LogP contribution >= 0.6 is 11.6 Å². The SMILES string of the molecule is COc1cc2c(cc1O)CN(CCc1ccc(Cl)cc1)CC2. The van der Waals surface area contributed by atoms with Crippen molar-refractivity contribution in [3.8, 4) is 11.5 Å². The number of halogens is 1. The van der Waals surface area contributed by atoms with Crippen LogP contribution in [0.3, 0.4) is 0 Å². The molecule has 1 N–H and O–H groups in total. The molecule has 0 bridgehead atoms. The maximum atomic E-state index is 9.93. The summed E-state index contributed by atoms with van der Waals surface area (Å²) in [6, 6.07) is 11.8. The molecule has 2 aromatic carbocycles. The summed E-state index contributed by atoms with van der Waals surface area (Å²) in [5, 5.41) is 10.7. The second kappa shape index (κ2) is 6.59. The van der Waals surface area contributed by atoms with Crippen molar-refractivity contribution >= 4 is 11.6 Å². The van der Waals surface area contributed by atoms with Gasteiger partial charge in [0.05, 0.1) is 7.11 Å². The number of hydrogen-bond acceptors (Lipinski definition) is 3. The molecular weight excluding hydrogens is 298 g/mol. The van der Waals surface area contributed by atoms with Gasteiger partial charge in [-0.15, -0.1) is 0 Å². The van der Waals surface area contributed by atoms with Gasteiger partial charge in [0, 0.05) is 24.7 Å². The Morgan fingerprint density at radius 1 is 1.18 bits per heavy atom. The van der Waals surface area contributed by atoms with Crippen molar-refractivity contribution in [2.75, 3.05) is 20.2 Å². The first-order valence-corrected chi connectivity index (χ1v) is 7.89. The number of nitrogens with zero attached hydrogens (tertiary/aromatic N) is 1. The minimum atomic E-state index is 0.223. The Bertz CT molecular complexity index is 655. The molecule has 1 aliphatic heterocycles. The largest absolute Gasteiger partial charge is 0.504 e. The Labute approximate surface area is 136 Å². The zero-order chi connectivity index (χ0) is 15.5. The Kier molecular flexibility index (Phi) is 4.55. The lowest BCUT2D eigenvalue weighted by molar-refractivity contribution is 0.256. The molecule has 0 spiro atoms. The van der Waals surface area contributed by atoms with E-state index in [1.165, 1.54) is 16.7 Å². The van der Waals surface area contributed by atoms with Gasteiger partial charge in [-0.05, 0) is 53.8 Å². The number of rotatable bonds is 4. The Balaban J connectivity index is 1.64. The number of methoxy groups -OCH3 is 1. The molecule has 0 fully saturated rings. The summed E-state index contributed by atoms with van der Waals surface area (Å²) < 4.78 is 5.18. The molecule has 0 aliphatic carbocycles. The zero-order valence-electron chi connectivity index (χ0n) is 12.7. The number of phenols is 1. The normalized spacial score (nSPS) is 14.6. The van der Waals surface area contributed by atoms with Gasteiger partial charge in [0.25, 0.3) is 0 Å². The average molecular weight is 318 g/mol. The average Bonchev–Trinajstić information content (AvgIpc) is 2.53. The molecule has 3 nitrogen and oxygen atoms in total. The zero-order valence-corrected chi connectivity index (χ0v) is 13.4. The van der Waals surface area contributed by atoms with Gasteiger partial charge in [-0.25, -0.2) is 0 Å². The van der Waals surface area contributed by atoms with Gasteiger partial charge in [-0.3, -0.25) is 4.90 Å². The second-order valence-corrected chi connectivity index (χ2v) is 6.13. The maximum absolute atomic E-state index is 9.93. The van der Waals surface area contributed by atoms with Crippen LogP contribution in [0, 0.1) is 0 Å². The van der Waals surface area contributed by atoms with Crippen LogP contribution in [-0.2, 0) is 19.4 Å². The molecule has 1 heterocycles. The third-order valence-corrected chi connectivity index (χ3v) is 4.47. The Hall–Kier alpha value is -1.71. The van der Waals surface area contributed by atoms with Crippen molar-refractivity contribution in [2.24, 2.45) is 0 Å². The standard InChI is InChI=1S/C18H20ClNO2/c1-22-18-11-14-7-9-20(12-15(14)10-17(18)21)8-6-13-2-4-16(19)5-3-13/h2-5,10-11,21H,6-9,12H2,1H3. The van der Waals surface area contributed by atoms with E-state index in [9.17, 15) is 5.11 Å². The molecular formula is C18H20ClNO2. The molecule has 3 rings (SSSR count). The maximum Gasteiger partial charge on any atom is 0.160 e. The van der Waals surface area contributed by atoms with Crippen molar-refractivity contribution < 1.29 is 9.84 Å². The first-order chi connectivity index (χ1) is 10.7. The molecule has 0 atom stereocenters. The van der Waals surface area contributed by atoms with Gasteiger partial charge < -0.3 is 9.84 Å².